The molecular weight excluding hydrogens is 246 g/mol. The monoisotopic (exact) mass is 261 g/mol. The molecular formula is C15H16ClNO. The number of fused-ring (bicyclic) bond motifs is 1. The fraction of sp³-hybridized carbons (Fsp3) is 0.333. The quantitative estimate of drug-likeness (QED) is 0.892. The van der Waals surface area contributed by atoms with Gasteiger partial charge in [-0.15, -0.1) is 0 Å². The van der Waals surface area contributed by atoms with Gasteiger partial charge in [0.05, 0.1) is 0 Å². The van der Waals surface area contributed by atoms with Crippen LogP contribution in [0.1, 0.15) is 12.8 Å². The van der Waals surface area contributed by atoms with Crippen molar-refractivity contribution < 1.29 is 4.74 Å². The molecule has 1 saturated heterocycles. The number of hydrogen-bond donors (Lipinski definition) is 1. The third-order valence-electron chi connectivity index (χ3n) is 3.38. The summed E-state index contributed by atoms with van der Waals surface area (Å²) < 4.78 is 6.10. The SMILES string of the molecule is Clc1ccc(O[C@@H]2CCCNC2)c2ccccc12. The summed E-state index contributed by atoms with van der Waals surface area (Å²) >= 11 is 6.20. The maximum atomic E-state index is 6.20. The predicted octanol–water partition coefficient (Wildman–Crippen LogP) is 3.62. The summed E-state index contributed by atoms with van der Waals surface area (Å²) in [5.74, 6) is 0.934. The Morgan fingerprint density at radius 3 is 2.72 bits per heavy atom. The molecule has 94 valence electrons. The number of hydrogen-bond acceptors (Lipinski definition) is 2. The van der Waals surface area contributed by atoms with Gasteiger partial charge < -0.3 is 10.1 Å². The van der Waals surface area contributed by atoms with E-state index in [-0.39, 0.29) is 6.10 Å². The first-order chi connectivity index (χ1) is 8.84. The summed E-state index contributed by atoms with van der Waals surface area (Å²) in [5, 5.41) is 6.29. The number of ether oxygens (including phenoxy) is 1. The van der Waals surface area contributed by atoms with Crippen molar-refractivity contribution in [2.45, 2.75) is 18.9 Å². The zero-order valence-electron chi connectivity index (χ0n) is 10.2. The van der Waals surface area contributed by atoms with Gasteiger partial charge in [0, 0.05) is 22.3 Å². The first-order valence-corrected chi connectivity index (χ1v) is 6.77. The van der Waals surface area contributed by atoms with Crippen LogP contribution in [-0.2, 0) is 0 Å². The third kappa shape index (κ3) is 2.31. The van der Waals surface area contributed by atoms with Crippen molar-refractivity contribution in [3.05, 3.63) is 41.4 Å². The Hall–Kier alpha value is -1.25. The molecule has 1 N–H and O–H groups in total. The van der Waals surface area contributed by atoms with Crippen LogP contribution in [-0.4, -0.2) is 19.2 Å². The molecule has 1 fully saturated rings. The lowest BCUT2D eigenvalue weighted by Gasteiger charge is -2.24. The van der Waals surface area contributed by atoms with E-state index in [2.05, 4.69) is 11.4 Å². The largest absolute Gasteiger partial charge is 0.488 e. The van der Waals surface area contributed by atoms with E-state index in [9.17, 15) is 0 Å². The first-order valence-electron chi connectivity index (χ1n) is 6.39. The van der Waals surface area contributed by atoms with Crippen molar-refractivity contribution in [2.24, 2.45) is 0 Å². The van der Waals surface area contributed by atoms with Crippen molar-refractivity contribution in [3.63, 3.8) is 0 Å². The summed E-state index contributed by atoms with van der Waals surface area (Å²) in [4.78, 5) is 0. The Kier molecular flexibility index (Phi) is 3.39. The topological polar surface area (TPSA) is 21.3 Å². The second-order valence-corrected chi connectivity index (χ2v) is 5.08. The lowest BCUT2D eigenvalue weighted by atomic mass is 10.1. The molecule has 1 aliphatic heterocycles. The van der Waals surface area contributed by atoms with E-state index in [1.54, 1.807) is 0 Å². The molecule has 3 heteroatoms. The number of rotatable bonds is 2. The Morgan fingerprint density at radius 1 is 1.11 bits per heavy atom. The van der Waals surface area contributed by atoms with Crippen LogP contribution in [0, 0.1) is 0 Å². The van der Waals surface area contributed by atoms with Gasteiger partial charge >= 0.3 is 0 Å². The lowest BCUT2D eigenvalue weighted by molar-refractivity contribution is 0.169. The number of piperidine rings is 1. The van der Waals surface area contributed by atoms with Gasteiger partial charge in [0.2, 0.25) is 0 Å². The summed E-state index contributed by atoms with van der Waals surface area (Å²) in [5.41, 5.74) is 0. The Balaban J connectivity index is 1.94. The molecule has 3 rings (SSSR count). The zero-order chi connectivity index (χ0) is 12.4. The van der Waals surface area contributed by atoms with Gasteiger partial charge in [-0.25, -0.2) is 0 Å². The maximum absolute atomic E-state index is 6.20. The average Bonchev–Trinajstić information content (AvgIpc) is 2.44. The third-order valence-corrected chi connectivity index (χ3v) is 3.71. The normalized spacial score (nSPS) is 19.9. The molecule has 0 unspecified atom stereocenters. The highest BCUT2D eigenvalue weighted by molar-refractivity contribution is 6.35. The Morgan fingerprint density at radius 2 is 1.94 bits per heavy atom. The first kappa shape index (κ1) is 11.8. The Labute approximate surface area is 112 Å². The van der Waals surface area contributed by atoms with Crippen molar-refractivity contribution >= 4 is 22.4 Å². The maximum Gasteiger partial charge on any atom is 0.127 e. The van der Waals surface area contributed by atoms with Gasteiger partial charge in [-0.3, -0.25) is 0 Å². The van der Waals surface area contributed by atoms with E-state index in [0.717, 1.165) is 41.1 Å². The van der Waals surface area contributed by atoms with Gasteiger partial charge in [-0.2, -0.15) is 0 Å². The predicted molar refractivity (Wildman–Crippen MR) is 75.5 cm³/mol. The van der Waals surface area contributed by atoms with Crippen LogP contribution in [0.2, 0.25) is 5.02 Å². The highest BCUT2D eigenvalue weighted by Gasteiger charge is 2.15. The second kappa shape index (κ2) is 5.17. The van der Waals surface area contributed by atoms with Gasteiger partial charge in [0.15, 0.2) is 0 Å². The fourth-order valence-corrected chi connectivity index (χ4v) is 2.67. The molecule has 1 aliphatic rings. The molecule has 1 heterocycles. The highest BCUT2D eigenvalue weighted by atomic mass is 35.5. The van der Waals surface area contributed by atoms with E-state index in [4.69, 9.17) is 16.3 Å². The van der Waals surface area contributed by atoms with Crippen LogP contribution < -0.4 is 10.1 Å². The average molecular weight is 262 g/mol. The van der Waals surface area contributed by atoms with Crippen LogP contribution in [0.4, 0.5) is 0 Å². The summed E-state index contributed by atoms with van der Waals surface area (Å²) in [6, 6.07) is 12.0. The smallest absolute Gasteiger partial charge is 0.127 e. The molecule has 0 aromatic heterocycles. The van der Waals surface area contributed by atoms with Crippen LogP contribution in [0.15, 0.2) is 36.4 Å². The molecule has 0 bridgehead atoms. The number of halogens is 1. The van der Waals surface area contributed by atoms with Gasteiger partial charge in [0.1, 0.15) is 11.9 Å². The van der Waals surface area contributed by atoms with Crippen LogP contribution in [0.3, 0.4) is 0 Å². The minimum absolute atomic E-state index is 0.267. The minimum Gasteiger partial charge on any atom is -0.488 e. The van der Waals surface area contributed by atoms with Crippen molar-refractivity contribution in [3.8, 4) is 5.75 Å². The highest BCUT2D eigenvalue weighted by Crippen LogP contribution is 2.32. The number of benzene rings is 2. The molecule has 0 saturated carbocycles. The van der Waals surface area contributed by atoms with Crippen molar-refractivity contribution in [1.29, 1.82) is 0 Å². The molecule has 1 atom stereocenters. The summed E-state index contributed by atoms with van der Waals surface area (Å²) in [6.45, 7) is 2.03. The van der Waals surface area contributed by atoms with Crippen LogP contribution in [0.5, 0.6) is 5.75 Å². The zero-order valence-corrected chi connectivity index (χ0v) is 10.9. The molecule has 0 radical (unpaired) electrons. The number of nitrogens with one attached hydrogen (secondary N) is 1. The van der Waals surface area contributed by atoms with Crippen molar-refractivity contribution in [2.75, 3.05) is 13.1 Å². The van der Waals surface area contributed by atoms with E-state index >= 15 is 0 Å². The molecule has 2 nitrogen and oxygen atoms in total. The van der Waals surface area contributed by atoms with E-state index in [0.29, 0.717) is 0 Å². The van der Waals surface area contributed by atoms with E-state index < -0.39 is 0 Å². The van der Waals surface area contributed by atoms with Gasteiger partial charge in [-0.1, -0.05) is 35.9 Å². The van der Waals surface area contributed by atoms with E-state index in [1.165, 1.54) is 6.42 Å². The molecule has 0 spiro atoms. The summed E-state index contributed by atoms with van der Waals surface area (Å²) in [7, 11) is 0. The second-order valence-electron chi connectivity index (χ2n) is 4.68. The minimum atomic E-state index is 0.267. The molecule has 18 heavy (non-hydrogen) atoms. The lowest BCUT2D eigenvalue weighted by Crippen LogP contribution is -2.37. The van der Waals surface area contributed by atoms with Crippen LogP contribution >= 0.6 is 11.6 Å². The standard InChI is InChI=1S/C15H16ClNO/c16-14-7-8-15(13-6-2-1-5-12(13)14)18-11-4-3-9-17-10-11/h1-2,5-8,11,17H,3-4,9-10H2/t11-/m1/s1. The van der Waals surface area contributed by atoms with Crippen LogP contribution in [0.25, 0.3) is 10.8 Å². The molecule has 0 amide bonds. The van der Waals surface area contributed by atoms with Crippen molar-refractivity contribution in [1.82, 2.24) is 5.32 Å². The van der Waals surface area contributed by atoms with Gasteiger partial charge in [-0.05, 0) is 31.5 Å². The molecule has 0 aliphatic carbocycles. The molecule has 2 aromatic rings. The summed E-state index contributed by atoms with van der Waals surface area (Å²) in [6.07, 6.45) is 2.56. The molecule has 2 aromatic carbocycles. The van der Waals surface area contributed by atoms with Gasteiger partial charge in [0.25, 0.3) is 0 Å². The Bertz CT molecular complexity index is 549. The van der Waals surface area contributed by atoms with E-state index in [1.807, 2.05) is 30.3 Å². The fourth-order valence-electron chi connectivity index (χ4n) is 2.44.